The van der Waals surface area contributed by atoms with Crippen LogP contribution < -0.4 is 0 Å². The lowest BCUT2D eigenvalue weighted by molar-refractivity contribution is 0.454. The van der Waals surface area contributed by atoms with E-state index >= 15 is 0 Å². The molecule has 66 valence electrons. The lowest BCUT2D eigenvalue weighted by Gasteiger charge is -1.88. The predicted molar refractivity (Wildman–Crippen MR) is 56.4 cm³/mol. The topological polar surface area (TPSA) is 26.0 Å². The number of allylic oxidation sites excluding steroid dienone is 1. The van der Waals surface area contributed by atoms with Gasteiger partial charge in [-0.15, -0.1) is 0 Å². The number of aromatic nitrogens is 1. The Labute approximate surface area is 84.4 Å². The summed E-state index contributed by atoms with van der Waals surface area (Å²) in [4.78, 5) is 0. The average Bonchev–Trinajstić information content (AvgIpc) is 2.49. The molecular weight excluding hydrogens is 230 g/mol. The van der Waals surface area contributed by atoms with Gasteiger partial charge in [0.15, 0.2) is 5.58 Å². The van der Waals surface area contributed by atoms with Gasteiger partial charge in [0.2, 0.25) is 0 Å². The Morgan fingerprint density at radius 3 is 3.08 bits per heavy atom. The van der Waals surface area contributed by atoms with Gasteiger partial charge in [-0.1, -0.05) is 27.2 Å². The summed E-state index contributed by atoms with van der Waals surface area (Å²) in [5.74, 6) is 0. The summed E-state index contributed by atoms with van der Waals surface area (Å²) in [5, 5.41) is 4.98. The minimum Gasteiger partial charge on any atom is -0.356 e. The van der Waals surface area contributed by atoms with E-state index in [1.807, 2.05) is 37.3 Å². The summed E-state index contributed by atoms with van der Waals surface area (Å²) in [6.07, 6.45) is 3.87. The number of halogens is 1. The van der Waals surface area contributed by atoms with Gasteiger partial charge in [-0.25, -0.2) is 0 Å². The normalized spacial score (nSPS) is 11.5. The van der Waals surface area contributed by atoms with Crippen molar-refractivity contribution in [2.45, 2.75) is 6.92 Å². The molecule has 0 radical (unpaired) electrons. The van der Waals surface area contributed by atoms with E-state index in [0.29, 0.717) is 0 Å². The Morgan fingerprint density at radius 2 is 2.31 bits per heavy atom. The number of fused-ring (bicyclic) bond motifs is 1. The van der Waals surface area contributed by atoms with Gasteiger partial charge in [0.05, 0.1) is 5.39 Å². The Balaban J connectivity index is 2.71. The van der Waals surface area contributed by atoms with E-state index in [2.05, 4.69) is 21.1 Å². The highest BCUT2D eigenvalue weighted by atomic mass is 79.9. The smallest absolute Gasteiger partial charge is 0.167 e. The first-order valence-electron chi connectivity index (χ1n) is 3.99. The molecule has 0 spiro atoms. The molecule has 1 aromatic heterocycles. The summed E-state index contributed by atoms with van der Waals surface area (Å²) < 4.78 is 6.17. The van der Waals surface area contributed by atoms with Gasteiger partial charge in [-0.05, 0) is 31.2 Å². The van der Waals surface area contributed by atoms with Crippen LogP contribution in [0.15, 0.2) is 33.3 Å². The Kier molecular flexibility index (Phi) is 2.19. The maximum Gasteiger partial charge on any atom is 0.167 e. The van der Waals surface area contributed by atoms with Crippen LogP contribution in [0.5, 0.6) is 0 Å². The summed E-state index contributed by atoms with van der Waals surface area (Å²) in [6.45, 7) is 1.96. The van der Waals surface area contributed by atoms with Gasteiger partial charge in [-0.2, -0.15) is 0 Å². The molecule has 0 fully saturated rings. The Morgan fingerprint density at radius 1 is 1.46 bits per heavy atom. The molecular formula is C10H8BrNO. The minimum atomic E-state index is 0.816. The van der Waals surface area contributed by atoms with Crippen molar-refractivity contribution in [1.82, 2.24) is 5.16 Å². The van der Waals surface area contributed by atoms with Crippen molar-refractivity contribution in [3.63, 3.8) is 0 Å². The van der Waals surface area contributed by atoms with Crippen LogP contribution in [-0.2, 0) is 0 Å². The molecule has 2 aromatic rings. The van der Waals surface area contributed by atoms with Gasteiger partial charge in [-0.3, -0.25) is 0 Å². The molecule has 13 heavy (non-hydrogen) atoms. The molecule has 0 saturated heterocycles. The van der Waals surface area contributed by atoms with Crippen LogP contribution in [0, 0.1) is 0 Å². The second kappa shape index (κ2) is 3.34. The fraction of sp³-hybridized carbons (Fsp3) is 0.100. The molecule has 3 heteroatoms. The largest absolute Gasteiger partial charge is 0.356 e. The zero-order chi connectivity index (χ0) is 9.26. The summed E-state index contributed by atoms with van der Waals surface area (Å²) >= 11 is 3.41. The van der Waals surface area contributed by atoms with Gasteiger partial charge in [0.25, 0.3) is 0 Å². The maximum absolute atomic E-state index is 5.13. The number of benzene rings is 1. The molecule has 0 aliphatic heterocycles. The van der Waals surface area contributed by atoms with E-state index in [1.54, 1.807) is 0 Å². The molecule has 0 aliphatic carbocycles. The highest BCUT2D eigenvalue weighted by molar-refractivity contribution is 9.10. The van der Waals surface area contributed by atoms with Gasteiger partial charge in [0.1, 0.15) is 5.69 Å². The molecule has 2 nitrogen and oxygen atoms in total. The third-order valence-electron chi connectivity index (χ3n) is 1.78. The molecule has 1 aromatic carbocycles. The quantitative estimate of drug-likeness (QED) is 0.758. The molecule has 0 amide bonds. The van der Waals surface area contributed by atoms with Crippen LogP contribution >= 0.6 is 15.9 Å². The Hall–Kier alpha value is -1.09. The summed E-state index contributed by atoms with van der Waals surface area (Å²) in [5.41, 5.74) is 1.69. The maximum atomic E-state index is 5.13. The van der Waals surface area contributed by atoms with Crippen LogP contribution in [0.4, 0.5) is 0 Å². The summed E-state index contributed by atoms with van der Waals surface area (Å²) in [7, 11) is 0. The lowest BCUT2D eigenvalue weighted by atomic mass is 10.2. The SMILES string of the molecule is CC=Cc1noc2ccc(Br)cc12. The number of hydrogen-bond acceptors (Lipinski definition) is 2. The molecule has 0 aliphatic rings. The van der Waals surface area contributed by atoms with Crippen LogP contribution in [0.2, 0.25) is 0 Å². The highest BCUT2D eigenvalue weighted by Gasteiger charge is 2.04. The van der Waals surface area contributed by atoms with E-state index in [-0.39, 0.29) is 0 Å². The van der Waals surface area contributed by atoms with Crippen LogP contribution in [-0.4, -0.2) is 5.16 Å². The second-order valence-corrected chi connectivity index (χ2v) is 3.62. The average molecular weight is 238 g/mol. The monoisotopic (exact) mass is 237 g/mol. The van der Waals surface area contributed by atoms with Gasteiger partial charge < -0.3 is 4.52 Å². The van der Waals surface area contributed by atoms with E-state index in [4.69, 9.17) is 4.52 Å². The number of nitrogens with zero attached hydrogens (tertiary/aromatic N) is 1. The van der Waals surface area contributed by atoms with Crippen LogP contribution in [0.1, 0.15) is 12.6 Å². The van der Waals surface area contributed by atoms with Gasteiger partial charge >= 0.3 is 0 Å². The van der Waals surface area contributed by atoms with Crippen molar-refractivity contribution in [3.05, 3.63) is 34.4 Å². The molecule has 0 N–H and O–H groups in total. The van der Waals surface area contributed by atoms with Crippen molar-refractivity contribution in [1.29, 1.82) is 0 Å². The van der Waals surface area contributed by atoms with E-state index in [1.165, 1.54) is 0 Å². The Bertz CT molecular complexity index is 459. The van der Waals surface area contributed by atoms with E-state index in [9.17, 15) is 0 Å². The fourth-order valence-electron chi connectivity index (χ4n) is 1.21. The number of rotatable bonds is 1. The zero-order valence-corrected chi connectivity index (χ0v) is 8.71. The third-order valence-corrected chi connectivity index (χ3v) is 2.28. The molecule has 0 atom stereocenters. The van der Waals surface area contributed by atoms with Crippen molar-refractivity contribution in [2.75, 3.05) is 0 Å². The first-order chi connectivity index (χ1) is 6.31. The van der Waals surface area contributed by atoms with Crippen LogP contribution in [0.3, 0.4) is 0 Å². The standard InChI is InChI=1S/C10H8BrNO/c1-2-3-9-8-6-7(11)4-5-10(8)13-12-9/h2-6H,1H3. The highest BCUT2D eigenvalue weighted by Crippen LogP contribution is 2.23. The third kappa shape index (κ3) is 1.52. The van der Waals surface area contributed by atoms with Crippen LogP contribution in [0.25, 0.3) is 17.0 Å². The molecule has 2 rings (SSSR count). The minimum absolute atomic E-state index is 0.816. The molecule has 0 bridgehead atoms. The predicted octanol–water partition coefficient (Wildman–Crippen LogP) is 3.62. The van der Waals surface area contributed by atoms with Crippen molar-refractivity contribution in [2.24, 2.45) is 0 Å². The van der Waals surface area contributed by atoms with Crippen molar-refractivity contribution >= 4 is 33.0 Å². The molecule has 0 unspecified atom stereocenters. The zero-order valence-electron chi connectivity index (χ0n) is 7.12. The second-order valence-electron chi connectivity index (χ2n) is 2.71. The first kappa shape index (κ1) is 8.51. The first-order valence-corrected chi connectivity index (χ1v) is 4.78. The summed E-state index contributed by atoms with van der Waals surface area (Å²) in [6, 6.07) is 5.84. The molecule has 1 heterocycles. The lowest BCUT2D eigenvalue weighted by Crippen LogP contribution is -1.71. The van der Waals surface area contributed by atoms with E-state index < -0.39 is 0 Å². The molecule has 0 saturated carbocycles. The van der Waals surface area contributed by atoms with E-state index in [0.717, 1.165) is 21.1 Å². The van der Waals surface area contributed by atoms with Gasteiger partial charge in [0, 0.05) is 4.47 Å². The van der Waals surface area contributed by atoms with Crippen molar-refractivity contribution in [3.8, 4) is 0 Å². The fourth-order valence-corrected chi connectivity index (χ4v) is 1.57. The van der Waals surface area contributed by atoms with Crippen molar-refractivity contribution < 1.29 is 4.52 Å². The number of hydrogen-bond donors (Lipinski definition) is 0.